The molecule has 1 aliphatic rings. The average Bonchev–Trinajstić information content (AvgIpc) is 2.25. The summed E-state index contributed by atoms with van der Waals surface area (Å²) in [5.74, 6) is 0.328. The normalized spacial score (nSPS) is 19.3. The van der Waals surface area contributed by atoms with Gasteiger partial charge in [0.05, 0.1) is 6.42 Å². The first-order chi connectivity index (χ1) is 7.90. The number of carbonyl (C=O) groups excluding carboxylic acids is 1. The van der Waals surface area contributed by atoms with E-state index < -0.39 is 0 Å². The van der Waals surface area contributed by atoms with Crippen LogP contribution in [0.15, 0.2) is 0 Å². The summed E-state index contributed by atoms with van der Waals surface area (Å²) in [5, 5.41) is 9.03. The summed E-state index contributed by atoms with van der Waals surface area (Å²) < 4.78 is 5.27. The number of piperidine rings is 1. The van der Waals surface area contributed by atoms with Gasteiger partial charge in [0.1, 0.15) is 5.60 Å². The van der Waals surface area contributed by atoms with Crippen LogP contribution in [0.25, 0.3) is 0 Å². The monoisotopic (exact) mass is 243 g/mol. The van der Waals surface area contributed by atoms with Crippen LogP contribution in [0.5, 0.6) is 0 Å². The van der Waals surface area contributed by atoms with Crippen LogP contribution in [0.1, 0.15) is 40.0 Å². The van der Waals surface area contributed by atoms with Crippen LogP contribution < -0.4 is 0 Å². The van der Waals surface area contributed by atoms with Gasteiger partial charge < -0.3 is 14.7 Å². The maximum absolute atomic E-state index is 11.5. The Balaban J connectivity index is 2.17. The molecule has 100 valence electrons. The lowest BCUT2D eigenvalue weighted by Crippen LogP contribution is -2.36. The predicted octanol–water partition coefficient (Wildman–Crippen LogP) is 1.42. The Morgan fingerprint density at radius 1 is 1.35 bits per heavy atom. The van der Waals surface area contributed by atoms with E-state index in [4.69, 9.17) is 9.84 Å². The molecule has 0 aromatic heterocycles. The van der Waals surface area contributed by atoms with Crippen LogP contribution in [0, 0.1) is 5.92 Å². The highest BCUT2D eigenvalue weighted by Gasteiger charge is 2.20. The Morgan fingerprint density at radius 2 is 1.94 bits per heavy atom. The summed E-state index contributed by atoms with van der Waals surface area (Å²) in [5.41, 5.74) is -0.388. The third kappa shape index (κ3) is 6.03. The number of ether oxygens (including phenoxy) is 1. The van der Waals surface area contributed by atoms with E-state index in [0.717, 1.165) is 32.5 Å². The fourth-order valence-electron chi connectivity index (χ4n) is 2.03. The van der Waals surface area contributed by atoms with Crippen molar-refractivity contribution >= 4 is 5.97 Å². The number of esters is 1. The molecule has 0 spiro atoms. The maximum Gasteiger partial charge on any atom is 0.307 e. The van der Waals surface area contributed by atoms with Gasteiger partial charge in [0.25, 0.3) is 0 Å². The Labute approximate surface area is 104 Å². The lowest BCUT2D eigenvalue weighted by Gasteiger charge is -2.31. The number of aliphatic hydroxyl groups excluding tert-OH is 1. The minimum Gasteiger partial charge on any atom is -0.460 e. The molecule has 4 heteroatoms. The Bertz CT molecular complexity index is 240. The zero-order valence-corrected chi connectivity index (χ0v) is 11.2. The molecule has 0 aliphatic carbocycles. The number of likely N-dealkylation sites (tertiary alicyclic amines) is 1. The minimum absolute atomic E-state index is 0.123. The van der Waals surface area contributed by atoms with Crippen LogP contribution in [-0.4, -0.2) is 47.8 Å². The molecule has 1 fully saturated rings. The van der Waals surface area contributed by atoms with Crippen LogP contribution in [-0.2, 0) is 9.53 Å². The van der Waals surface area contributed by atoms with Crippen LogP contribution in [0.3, 0.4) is 0 Å². The lowest BCUT2D eigenvalue weighted by atomic mass is 9.98. The summed E-state index contributed by atoms with van der Waals surface area (Å²) in [4.78, 5) is 13.8. The van der Waals surface area contributed by atoms with Gasteiger partial charge in [-0.25, -0.2) is 0 Å². The third-order valence-electron chi connectivity index (χ3n) is 3.02. The van der Waals surface area contributed by atoms with Gasteiger partial charge in [-0.3, -0.25) is 4.79 Å². The summed E-state index contributed by atoms with van der Waals surface area (Å²) in [6.07, 6.45) is 2.52. The van der Waals surface area contributed by atoms with E-state index >= 15 is 0 Å². The molecule has 0 amide bonds. The van der Waals surface area contributed by atoms with Gasteiger partial charge in [-0.1, -0.05) is 0 Å². The number of carbonyl (C=O) groups is 1. The Morgan fingerprint density at radius 3 is 2.41 bits per heavy atom. The number of aliphatic hydroxyl groups is 1. The predicted molar refractivity (Wildman–Crippen MR) is 66.7 cm³/mol. The summed E-state index contributed by atoms with van der Waals surface area (Å²) in [7, 11) is 0. The molecule has 0 saturated carbocycles. The lowest BCUT2D eigenvalue weighted by molar-refractivity contribution is -0.155. The van der Waals surface area contributed by atoms with Crippen LogP contribution in [0.2, 0.25) is 0 Å². The van der Waals surface area contributed by atoms with E-state index in [0.29, 0.717) is 18.9 Å². The standard InChI is InChI=1S/C13H25NO3/c1-13(2,3)17-12(16)6-9-14-7-4-11(10-15)5-8-14/h11,15H,4-10H2,1-3H3. The molecular weight excluding hydrogens is 218 g/mol. The van der Waals surface area contributed by atoms with Gasteiger partial charge in [0.2, 0.25) is 0 Å². The number of nitrogens with zero attached hydrogens (tertiary/aromatic N) is 1. The second-order valence-corrected chi connectivity index (χ2v) is 5.80. The van der Waals surface area contributed by atoms with E-state index in [9.17, 15) is 4.79 Å². The van der Waals surface area contributed by atoms with Crippen molar-refractivity contribution in [2.24, 2.45) is 5.92 Å². The van der Waals surface area contributed by atoms with Crippen LogP contribution in [0.4, 0.5) is 0 Å². The average molecular weight is 243 g/mol. The molecule has 1 heterocycles. The van der Waals surface area contributed by atoms with Gasteiger partial charge >= 0.3 is 5.97 Å². The maximum atomic E-state index is 11.5. The SMILES string of the molecule is CC(C)(C)OC(=O)CCN1CCC(CO)CC1. The van der Waals surface area contributed by atoms with Crippen molar-refractivity contribution in [3.63, 3.8) is 0 Å². The van der Waals surface area contributed by atoms with Gasteiger partial charge in [-0.15, -0.1) is 0 Å². The third-order valence-corrected chi connectivity index (χ3v) is 3.02. The quantitative estimate of drug-likeness (QED) is 0.759. The van der Waals surface area contributed by atoms with E-state index in [1.54, 1.807) is 0 Å². The van der Waals surface area contributed by atoms with Crippen molar-refractivity contribution in [1.29, 1.82) is 0 Å². The molecule has 1 N–H and O–H groups in total. The van der Waals surface area contributed by atoms with Crippen molar-refractivity contribution in [3.05, 3.63) is 0 Å². The Kier molecular flexibility index (Phi) is 5.40. The molecule has 1 saturated heterocycles. The highest BCUT2D eigenvalue weighted by atomic mass is 16.6. The smallest absolute Gasteiger partial charge is 0.307 e. The second kappa shape index (κ2) is 6.36. The summed E-state index contributed by atoms with van der Waals surface area (Å²) in [6, 6.07) is 0. The highest BCUT2D eigenvalue weighted by molar-refractivity contribution is 5.70. The number of hydrogen-bond acceptors (Lipinski definition) is 4. The summed E-state index contributed by atoms with van der Waals surface area (Å²) in [6.45, 7) is 8.68. The van der Waals surface area contributed by atoms with Crippen molar-refractivity contribution in [3.8, 4) is 0 Å². The molecule has 0 unspecified atom stereocenters. The zero-order valence-electron chi connectivity index (χ0n) is 11.2. The largest absolute Gasteiger partial charge is 0.460 e. The van der Waals surface area contributed by atoms with E-state index in [1.165, 1.54) is 0 Å². The van der Waals surface area contributed by atoms with Crippen molar-refractivity contribution in [2.45, 2.75) is 45.6 Å². The van der Waals surface area contributed by atoms with Gasteiger partial charge in [-0.05, 0) is 52.6 Å². The van der Waals surface area contributed by atoms with E-state index in [-0.39, 0.29) is 11.6 Å². The molecule has 0 bridgehead atoms. The topological polar surface area (TPSA) is 49.8 Å². The number of rotatable bonds is 4. The van der Waals surface area contributed by atoms with Crippen molar-refractivity contribution < 1.29 is 14.6 Å². The van der Waals surface area contributed by atoms with Crippen LogP contribution >= 0.6 is 0 Å². The molecule has 1 rings (SSSR count). The molecule has 0 aromatic rings. The van der Waals surface area contributed by atoms with E-state index in [2.05, 4.69) is 4.90 Å². The first-order valence-corrected chi connectivity index (χ1v) is 6.46. The Hall–Kier alpha value is -0.610. The zero-order chi connectivity index (χ0) is 12.9. The second-order valence-electron chi connectivity index (χ2n) is 5.80. The minimum atomic E-state index is -0.388. The number of hydrogen-bond donors (Lipinski definition) is 1. The van der Waals surface area contributed by atoms with Crippen molar-refractivity contribution in [1.82, 2.24) is 4.90 Å². The molecule has 4 nitrogen and oxygen atoms in total. The molecule has 0 atom stereocenters. The fraction of sp³-hybridized carbons (Fsp3) is 0.923. The highest BCUT2D eigenvalue weighted by Crippen LogP contribution is 2.16. The fourth-order valence-corrected chi connectivity index (χ4v) is 2.03. The molecule has 1 aliphatic heterocycles. The van der Waals surface area contributed by atoms with Crippen molar-refractivity contribution in [2.75, 3.05) is 26.2 Å². The van der Waals surface area contributed by atoms with Gasteiger partial charge in [0.15, 0.2) is 0 Å². The van der Waals surface area contributed by atoms with Gasteiger partial charge in [-0.2, -0.15) is 0 Å². The molecule has 0 radical (unpaired) electrons. The first-order valence-electron chi connectivity index (χ1n) is 6.46. The molecule has 17 heavy (non-hydrogen) atoms. The van der Waals surface area contributed by atoms with Gasteiger partial charge in [0, 0.05) is 13.2 Å². The van der Waals surface area contributed by atoms with E-state index in [1.807, 2.05) is 20.8 Å². The molecule has 0 aromatic carbocycles. The molecular formula is C13H25NO3. The first kappa shape index (κ1) is 14.5. The summed E-state index contributed by atoms with van der Waals surface area (Å²) >= 11 is 0.